The van der Waals surface area contributed by atoms with Crippen molar-refractivity contribution in [2.24, 2.45) is 5.92 Å². The van der Waals surface area contributed by atoms with Crippen LogP contribution in [0.15, 0.2) is 71.3 Å². The lowest BCUT2D eigenvalue weighted by Crippen LogP contribution is -2.43. The number of halogens is 2. The number of aryl methyl sites for hydroxylation is 1. The third-order valence-electron chi connectivity index (χ3n) is 8.33. The highest BCUT2D eigenvalue weighted by atomic mass is 19.3. The number of nitrogens with one attached hydrogen (secondary N) is 2. The monoisotopic (exact) mass is 586 g/mol. The van der Waals surface area contributed by atoms with Crippen molar-refractivity contribution >= 4 is 23.7 Å². The van der Waals surface area contributed by atoms with Crippen LogP contribution in [0.2, 0.25) is 0 Å². The molecule has 0 aromatic heterocycles. The van der Waals surface area contributed by atoms with Gasteiger partial charge in [0, 0.05) is 43.9 Å². The van der Waals surface area contributed by atoms with Crippen LogP contribution >= 0.6 is 0 Å². The molecule has 3 amide bonds. The van der Waals surface area contributed by atoms with Crippen LogP contribution in [-0.4, -0.2) is 37.0 Å². The molecule has 1 heterocycles. The SMILES string of the molecule is CNC(=O)N1CCC(CC/C(C(=O)Nc2ccc(C)c(C(C)(F)F)c2)=C2/CC=CC/C(=C\c3cccc(C#N)c3)C2)CC1. The summed E-state index contributed by atoms with van der Waals surface area (Å²) < 4.78 is 28.5. The minimum Gasteiger partial charge on any atom is -0.341 e. The summed E-state index contributed by atoms with van der Waals surface area (Å²) in [4.78, 5) is 27.7. The van der Waals surface area contributed by atoms with E-state index in [0.29, 0.717) is 60.7 Å². The highest BCUT2D eigenvalue weighted by Crippen LogP contribution is 2.34. The molecule has 1 saturated heterocycles. The molecule has 0 spiro atoms. The molecule has 2 aromatic rings. The van der Waals surface area contributed by atoms with Gasteiger partial charge in [-0.25, -0.2) is 13.6 Å². The van der Waals surface area contributed by atoms with Crippen molar-refractivity contribution in [1.29, 1.82) is 5.26 Å². The summed E-state index contributed by atoms with van der Waals surface area (Å²) in [5, 5.41) is 14.9. The Labute approximate surface area is 253 Å². The Morgan fingerprint density at radius 2 is 1.86 bits per heavy atom. The van der Waals surface area contributed by atoms with Gasteiger partial charge in [-0.2, -0.15) is 5.26 Å². The number of carbonyl (C=O) groups excluding carboxylic acids is 2. The Hall–Kier alpha value is -4.25. The van der Waals surface area contributed by atoms with Crippen molar-refractivity contribution in [2.75, 3.05) is 25.5 Å². The fraction of sp³-hybridized carbons (Fsp3) is 0.400. The zero-order valence-electron chi connectivity index (χ0n) is 25.2. The normalized spacial score (nSPS) is 18.1. The number of urea groups is 1. The van der Waals surface area contributed by atoms with Gasteiger partial charge in [-0.15, -0.1) is 0 Å². The number of carbonyl (C=O) groups is 2. The molecule has 4 rings (SSSR count). The van der Waals surface area contributed by atoms with Gasteiger partial charge in [-0.3, -0.25) is 4.79 Å². The first-order valence-electron chi connectivity index (χ1n) is 14.9. The lowest BCUT2D eigenvalue weighted by molar-refractivity contribution is -0.113. The van der Waals surface area contributed by atoms with Gasteiger partial charge in [0.15, 0.2) is 0 Å². The Kier molecular flexibility index (Phi) is 10.5. The van der Waals surface area contributed by atoms with Crippen LogP contribution in [0.5, 0.6) is 0 Å². The van der Waals surface area contributed by atoms with Crippen LogP contribution in [0.3, 0.4) is 0 Å². The van der Waals surface area contributed by atoms with E-state index >= 15 is 0 Å². The third kappa shape index (κ3) is 8.63. The molecular weight excluding hydrogens is 546 g/mol. The number of amides is 3. The first kappa shape index (κ1) is 31.7. The molecule has 0 unspecified atom stereocenters. The van der Waals surface area contributed by atoms with Gasteiger partial charge in [-0.05, 0) is 93.2 Å². The molecule has 226 valence electrons. The molecule has 0 atom stereocenters. The lowest BCUT2D eigenvalue weighted by atomic mass is 9.87. The predicted octanol–water partition coefficient (Wildman–Crippen LogP) is 7.87. The molecule has 2 N–H and O–H groups in total. The van der Waals surface area contributed by atoms with E-state index in [0.717, 1.165) is 49.3 Å². The van der Waals surface area contributed by atoms with Gasteiger partial charge in [0.25, 0.3) is 11.8 Å². The van der Waals surface area contributed by atoms with Crippen LogP contribution in [0.25, 0.3) is 6.08 Å². The minimum atomic E-state index is -3.02. The van der Waals surface area contributed by atoms with Crippen molar-refractivity contribution < 1.29 is 18.4 Å². The summed E-state index contributed by atoms with van der Waals surface area (Å²) in [6.45, 7) is 3.86. The lowest BCUT2D eigenvalue weighted by Gasteiger charge is -2.32. The van der Waals surface area contributed by atoms with E-state index in [1.165, 1.54) is 6.07 Å². The summed E-state index contributed by atoms with van der Waals surface area (Å²) >= 11 is 0. The maximum Gasteiger partial charge on any atom is 0.317 e. The molecule has 0 saturated carbocycles. The van der Waals surface area contributed by atoms with E-state index in [-0.39, 0.29) is 17.5 Å². The number of allylic oxidation sites excluding steroid dienone is 4. The molecular formula is C35H40F2N4O2. The average Bonchev–Trinajstić information content (AvgIpc) is 3.23. The topological polar surface area (TPSA) is 85.2 Å². The Balaban J connectivity index is 1.61. The first-order valence-corrected chi connectivity index (χ1v) is 14.9. The summed E-state index contributed by atoms with van der Waals surface area (Å²) in [6.07, 6.45) is 11.3. The fourth-order valence-corrected chi connectivity index (χ4v) is 5.91. The predicted molar refractivity (Wildman–Crippen MR) is 167 cm³/mol. The molecule has 8 heteroatoms. The van der Waals surface area contributed by atoms with E-state index in [1.807, 2.05) is 23.1 Å². The van der Waals surface area contributed by atoms with Crippen LogP contribution in [0, 0.1) is 24.2 Å². The number of nitriles is 1. The number of hydrogen-bond acceptors (Lipinski definition) is 3. The number of piperidine rings is 1. The highest BCUT2D eigenvalue weighted by molar-refractivity contribution is 6.04. The van der Waals surface area contributed by atoms with E-state index in [1.54, 1.807) is 32.2 Å². The van der Waals surface area contributed by atoms with Crippen molar-refractivity contribution in [3.63, 3.8) is 0 Å². The van der Waals surface area contributed by atoms with E-state index in [9.17, 15) is 23.6 Å². The molecule has 0 bridgehead atoms. The molecule has 6 nitrogen and oxygen atoms in total. The molecule has 1 fully saturated rings. The third-order valence-corrected chi connectivity index (χ3v) is 8.33. The standard InChI is InChI=1S/C35H40F2N4O2/c1-24-11-13-30(22-32(24)35(2,36)37)40-33(42)31(14-12-25-15-17-41(18-16-25)34(43)39-3)29-10-5-4-7-27(21-29)19-26-8-6-9-28(20-26)23-38/h4-6,8-9,11,13,19-20,22,25H,7,10,12,14-18,21H2,1-3H3,(H,39,43)(H,40,42)/b27-19+,31-29+. The van der Waals surface area contributed by atoms with Crippen molar-refractivity contribution in [2.45, 2.75) is 64.7 Å². The van der Waals surface area contributed by atoms with Gasteiger partial charge in [-0.1, -0.05) is 47.6 Å². The minimum absolute atomic E-state index is 0.0689. The summed E-state index contributed by atoms with van der Waals surface area (Å²) in [5.41, 5.74) is 5.05. The van der Waals surface area contributed by atoms with Gasteiger partial charge in [0.1, 0.15) is 0 Å². The Morgan fingerprint density at radius 1 is 1.12 bits per heavy atom. The fourth-order valence-electron chi connectivity index (χ4n) is 5.91. The van der Waals surface area contributed by atoms with Crippen molar-refractivity contribution in [3.05, 3.63) is 93.6 Å². The second-order valence-electron chi connectivity index (χ2n) is 11.6. The Bertz CT molecular complexity index is 1470. The average molecular weight is 587 g/mol. The van der Waals surface area contributed by atoms with Crippen LogP contribution in [-0.2, 0) is 10.7 Å². The molecule has 1 aliphatic carbocycles. The highest BCUT2D eigenvalue weighted by Gasteiger charge is 2.28. The number of benzene rings is 2. The van der Waals surface area contributed by atoms with Gasteiger partial charge in [0.05, 0.1) is 11.6 Å². The largest absolute Gasteiger partial charge is 0.341 e. The second-order valence-corrected chi connectivity index (χ2v) is 11.6. The number of likely N-dealkylation sites (tertiary alicyclic amines) is 1. The van der Waals surface area contributed by atoms with Gasteiger partial charge >= 0.3 is 6.03 Å². The van der Waals surface area contributed by atoms with Gasteiger partial charge in [0.2, 0.25) is 0 Å². The quantitative estimate of drug-likeness (QED) is 0.256. The zero-order valence-corrected chi connectivity index (χ0v) is 25.2. The van der Waals surface area contributed by atoms with Crippen LogP contribution in [0.1, 0.15) is 74.1 Å². The summed E-state index contributed by atoms with van der Waals surface area (Å²) in [6, 6.07) is 14.2. The van der Waals surface area contributed by atoms with Crippen LogP contribution in [0.4, 0.5) is 19.3 Å². The number of alkyl halides is 2. The van der Waals surface area contributed by atoms with E-state index < -0.39 is 5.92 Å². The maximum absolute atomic E-state index is 14.2. The molecule has 0 radical (unpaired) electrons. The molecule has 2 aliphatic rings. The smallest absolute Gasteiger partial charge is 0.317 e. The molecule has 2 aromatic carbocycles. The number of nitrogens with zero attached hydrogens (tertiary/aromatic N) is 2. The summed E-state index contributed by atoms with van der Waals surface area (Å²) in [5.74, 6) is -2.92. The number of hydrogen-bond donors (Lipinski definition) is 2. The first-order chi connectivity index (χ1) is 20.6. The molecule has 1 aliphatic heterocycles. The second kappa shape index (κ2) is 14.3. The maximum atomic E-state index is 14.2. The zero-order chi connectivity index (χ0) is 31.0. The van der Waals surface area contributed by atoms with Crippen LogP contribution < -0.4 is 10.6 Å². The molecule has 43 heavy (non-hydrogen) atoms. The van der Waals surface area contributed by atoms with Crippen molar-refractivity contribution in [1.82, 2.24) is 10.2 Å². The van der Waals surface area contributed by atoms with Crippen molar-refractivity contribution in [3.8, 4) is 6.07 Å². The Morgan fingerprint density at radius 3 is 2.56 bits per heavy atom. The van der Waals surface area contributed by atoms with Gasteiger partial charge < -0.3 is 15.5 Å². The van der Waals surface area contributed by atoms with E-state index in [4.69, 9.17) is 0 Å². The van der Waals surface area contributed by atoms with E-state index in [2.05, 4.69) is 34.9 Å². The number of anilines is 1. The summed E-state index contributed by atoms with van der Waals surface area (Å²) in [7, 11) is 1.63. The number of rotatable bonds is 7.